The number of hydrogen-bond acceptors (Lipinski definition) is 4. The van der Waals surface area contributed by atoms with E-state index < -0.39 is 5.91 Å². The zero-order chi connectivity index (χ0) is 16.1. The van der Waals surface area contributed by atoms with Crippen LogP contribution in [0.25, 0.3) is 5.69 Å². The molecule has 0 atom stereocenters. The van der Waals surface area contributed by atoms with Crippen molar-refractivity contribution in [1.29, 1.82) is 10.5 Å². The highest BCUT2D eigenvalue weighted by molar-refractivity contribution is 5.95. The molecule has 2 aromatic rings. The van der Waals surface area contributed by atoms with Gasteiger partial charge in [-0.05, 0) is 31.2 Å². The summed E-state index contributed by atoms with van der Waals surface area (Å²) < 4.78 is 14.5. The second kappa shape index (κ2) is 6.51. The number of benzene rings is 1. The average molecular weight is 297 g/mol. The number of halogens is 1. The maximum atomic E-state index is 13.0. The van der Waals surface area contributed by atoms with Gasteiger partial charge in [-0.15, -0.1) is 0 Å². The Bertz CT molecular complexity index is 751. The molecule has 0 fully saturated rings. The third-order valence-corrected chi connectivity index (χ3v) is 3.12. The van der Waals surface area contributed by atoms with Crippen LogP contribution in [0.5, 0.6) is 0 Å². The predicted octanol–water partition coefficient (Wildman–Crippen LogP) is 1.81. The number of amides is 1. The zero-order valence-electron chi connectivity index (χ0n) is 11.8. The van der Waals surface area contributed by atoms with Gasteiger partial charge < -0.3 is 4.90 Å². The summed E-state index contributed by atoms with van der Waals surface area (Å²) in [5, 5.41) is 21.6. The van der Waals surface area contributed by atoms with Crippen LogP contribution in [-0.4, -0.2) is 33.7 Å². The van der Waals surface area contributed by atoms with Crippen LogP contribution >= 0.6 is 0 Å². The van der Waals surface area contributed by atoms with Gasteiger partial charge in [0.1, 0.15) is 18.9 Å². The summed E-state index contributed by atoms with van der Waals surface area (Å²) in [6.45, 7) is 1.35. The van der Waals surface area contributed by atoms with Crippen molar-refractivity contribution in [3.63, 3.8) is 0 Å². The summed E-state index contributed by atoms with van der Waals surface area (Å²) in [6.07, 6.45) is 1.38. The lowest BCUT2D eigenvalue weighted by Crippen LogP contribution is -2.32. The Hall–Kier alpha value is -3.19. The highest BCUT2D eigenvalue weighted by atomic mass is 19.1. The first-order valence-corrected chi connectivity index (χ1v) is 6.42. The van der Waals surface area contributed by atoms with E-state index in [1.165, 1.54) is 23.0 Å². The molecule has 1 aromatic heterocycles. The van der Waals surface area contributed by atoms with E-state index in [4.69, 9.17) is 10.5 Å². The summed E-state index contributed by atoms with van der Waals surface area (Å²) in [7, 11) is 0. The number of carbonyl (C=O) groups is 1. The first-order valence-electron chi connectivity index (χ1n) is 6.42. The molecule has 0 saturated carbocycles. The molecule has 1 heterocycles. The van der Waals surface area contributed by atoms with Crippen molar-refractivity contribution in [2.24, 2.45) is 0 Å². The molecule has 7 heteroatoms. The third kappa shape index (κ3) is 2.94. The van der Waals surface area contributed by atoms with Crippen molar-refractivity contribution in [1.82, 2.24) is 14.7 Å². The lowest BCUT2D eigenvalue weighted by molar-refractivity contribution is 0.0794. The highest BCUT2D eigenvalue weighted by Gasteiger charge is 2.20. The van der Waals surface area contributed by atoms with Crippen molar-refractivity contribution in [3.05, 3.63) is 47.5 Å². The van der Waals surface area contributed by atoms with Gasteiger partial charge in [-0.25, -0.2) is 9.07 Å². The number of rotatable bonds is 4. The minimum absolute atomic E-state index is 0.173. The summed E-state index contributed by atoms with van der Waals surface area (Å²) >= 11 is 0. The normalized spacial score (nSPS) is 9.82. The number of nitrogens with zero attached hydrogens (tertiary/aromatic N) is 5. The maximum Gasteiger partial charge on any atom is 0.259 e. The van der Waals surface area contributed by atoms with E-state index in [0.717, 1.165) is 4.90 Å². The minimum Gasteiger partial charge on any atom is -0.312 e. The van der Waals surface area contributed by atoms with Gasteiger partial charge in [0.2, 0.25) is 0 Å². The standard InChI is InChI=1S/C15H12FN5O/c1-11-14(15(22)20(8-6-17)9-7-18)10-19-21(11)13-4-2-12(16)3-5-13/h2-5,10H,8-9H2,1H3. The zero-order valence-corrected chi connectivity index (χ0v) is 11.8. The first kappa shape index (κ1) is 15.2. The lowest BCUT2D eigenvalue weighted by atomic mass is 10.2. The summed E-state index contributed by atoms with van der Waals surface area (Å²) in [5.74, 6) is -0.798. The molecule has 22 heavy (non-hydrogen) atoms. The minimum atomic E-state index is -0.436. The molecule has 1 amide bonds. The highest BCUT2D eigenvalue weighted by Crippen LogP contribution is 2.16. The third-order valence-electron chi connectivity index (χ3n) is 3.12. The number of carbonyl (C=O) groups excluding carboxylic acids is 1. The molecule has 0 aliphatic rings. The predicted molar refractivity (Wildman–Crippen MR) is 75.4 cm³/mol. The Morgan fingerprint density at radius 2 is 1.86 bits per heavy atom. The van der Waals surface area contributed by atoms with Gasteiger partial charge in [0.25, 0.3) is 5.91 Å². The molecule has 0 radical (unpaired) electrons. The molecule has 0 saturated heterocycles. The fraction of sp³-hybridized carbons (Fsp3) is 0.200. The van der Waals surface area contributed by atoms with E-state index in [9.17, 15) is 9.18 Å². The second-order valence-corrected chi connectivity index (χ2v) is 4.51. The number of hydrogen-bond donors (Lipinski definition) is 0. The van der Waals surface area contributed by atoms with E-state index in [0.29, 0.717) is 16.9 Å². The van der Waals surface area contributed by atoms with Crippen molar-refractivity contribution < 1.29 is 9.18 Å². The van der Waals surface area contributed by atoms with Crippen LogP contribution in [0.2, 0.25) is 0 Å². The number of aromatic nitrogens is 2. The van der Waals surface area contributed by atoms with Crippen LogP contribution in [0, 0.1) is 35.4 Å². The largest absolute Gasteiger partial charge is 0.312 e. The Morgan fingerprint density at radius 3 is 2.41 bits per heavy atom. The van der Waals surface area contributed by atoms with Gasteiger partial charge in [0.05, 0.1) is 35.3 Å². The van der Waals surface area contributed by atoms with E-state index in [-0.39, 0.29) is 18.9 Å². The smallest absolute Gasteiger partial charge is 0.259 e. The summed E-state index contributed by atoms with van der Waals surface area (Å²) in [5.41, 5.74) is 1.47. The van der Waals surface area contributed by atoms with Crippen molar-refractivity contribution >= 4 is 5.91 Å². The van der Waals surface area contributed by atoms with Crippen LogP contribution in [0.1, 0.15) is 16.1 Å². The summed E-state index contributed by atoms with van der Waals surface area (Å²) in [6, 6.07) is 9.40. The molecule has 0 aliphatic carbocycles. The average Bonchev–Trinajstić information content (AvgIpc) is 2.89. The molecular formula is C15H12FN5O. The van der Waals surface area contributed by atoms with Gasteiger partial charge in [-0.3, -0.25) is 4.79 Å². The Kier molecular flexibility index (Phi) is 4.50. The van der Waals surface area contributed by atoms with Crippen LogP contribution in [0.15, 0.2) is 30.5 Å². The molecule has 110 valence electrons. The molecule has 0 spiro atoms. The fourth-order valence-corrected chi connectivity index (χ4v) is 2.00. The summed E-state index contributed by atoms with van der Waals surface area (Å²) in [4.78, 5) is 13.5. The molecule has 1 aromatic carbocycles. The first-order chi connectivity index (χ1) is 10.6. The van der Waals surface area contributed by atoms with Gasteiger partial charge in [-0.2, -0.15) is 15.6 Å². The van der Waals surface area contributed by atoms with Crippen LogP contribution in [0.3, 0.4) is 0 Å². The van der Waals surface area contributed by atoms with E-state index in [1.807, 2.05) is 12.1 Å². The maximum absolute atomic E-state index is 13.0. The molecule has 0 aliphatic heterocycles. The van der Waals surface area contributed by atoms with Gasteiger partial charge in [0, 0.05) is 0 Å². The number of nitriles is 2. The molecular weight excluding hydrogens is 285 g/mol. The Balaban J connectivity index is 2.35. The molecule has 0 unspecified atom stereocenters. The fourth-order valence-electron chi connectivity index (χ4n) is 2.00. The molecule has 2 rings (SSSR count). The van der Waals surface area contributed by atoms with Gasteiger partial charge >= 0.3 is 0 Å². The van der Waals surface area contributed by atoms with E-state index in [1.54, 1.807) is 19.1 Å². The molecule has 0 bridgehead atoms. The van der Waals surface area contributed by atoms with Crippen LogP contribution < -0.4 is 0 Å². The Morgan fingerprint density at radius 1 is 1.27 bits per heavy atom. The quantitative estimate of drug-likeness (QED) is 0.805. The van der Waals surface area contributed by atoms with E-state index >= 15 is 0 Å². The van der Waals surface area contributed by atoms with Gasteiger partial charge in [-0.1, -0.05) is 0 Å². The van der Waals surface area contributed by atoms with Crippen LogP contribution in [0.4, 0.5) is 4.39 Å². The molecule has 6 nitrogen and oxygen atoms in total. The second-order valence-electron chi connectivity index (χ2n) is 4.51. The van der Waals surface area contributed by atoms with Crippen molar-refractivity contribution in [2.75, 3.05) is 13.1 Å². The van der Waals surface area contributed by atoms with Crippen molar-refractivity contribution in [3.8, 4) is 17.8 Å². The molecule has 0 N–H and O–H groups in total. The SMILES string of the molecule is Cc1c(C(=O)N(CC#N)CC#N)cnn1-c1ccc(F)cc1. The van der Waals surface area contributed by atoms with E-state index in [2.05, 4.69) is 5.10 Å². The Labute approximate surface area is 126 Å². The lowest BCUT2D eigenvalue weighted by Gasteiger charge is -2.15. The topological polar surface area (TPSA) is 85.7 Å². The van der Waals surface area contributed by atoms with Gasteiger partial charge in [0.15, 0.2) is 0 Å². The van der Waals surface area contributed by atoms with Crippen molar-refractivity contribution in [2.45, 2.75) is 6.92 Å². The monoisotopic (exact) mass is 297 g/mol. The van der Waals surface area contributed by atoms with Crippen LogP contribution in [-0.2, 0) is 0 Å².